The molecule has 1 amide bonds. The van der Waals surface area contributed by atoms with Crippen LogP contribution in [0.5, 0.6) is 0 Å². The Morgan fingerprint density at radius 2 is 2.21 bits per heavy atom. The van der Waals surface area contributed by atoms with Crippen LogP contribution >= 0.6 is 11.3 Å². The molecule has 24 heavy (non-hydrogen) atoms. The van der Waals surface area contributed by atoms with E-state index in [0.717, 1.165) is 43.1 Å². The summed E-state index contributed by atoms with van der Waals surface area (Å²) in [5, 5.41) is 3.22. The predicted molar refractivity (Wildman–Crippen MR) is 92.7 cm³/mol. The van der Waals surface area contributed by atoms with E-state index in [1.807, 2.05) is 24.0 Å². The van der Waals surface area contributed by atoms with Gasteiger partial charge < -0.3 is 4.90 Å². The van der Waals surface area contributed by atoms with E-state index in [9.17, 15) is 9.18 Å². The highest BCUT2D eigenvalue weighted by atomic mass is 32.1. The minimum absolute atomic E-state index is 0.0429. The number of rotatable bonds is 3. The Bertz CT molecular complexity index is 759. The molecule has 1 aromatic carbocycles. The van der Waals surface area contributed by atoms with Gasteiger partial charge in [-0.05, 0) is 43.7 Å². The number of likely N-dealkylation sites (tertiary alicyclic amines) is 1. The Morgan fingerprint density at radius 1 is 1.38 bits per heavy atom. The van der Waals surface area contributed by atoms with Gasteiger partial charge in [0.25, 0.3) is 0 Å². The lowest BCUT2D eigenvalue weighted by molar-refractivity contribution is -0.133. The number of hydrogen-bond donors (Lipinski definition) is 0. The maximum absolute atomic E-state index is 13.9. The number of piperidine rings is 1. The van der Waals surface area contributed by atoms with Crippen molar-refractivity contribution in [2.45, 2.75) is 38.0 Å². The minimum atomic E-state index is -0.187. The van der Waals surface area contributed by atoms with Gasteiger partial charge in [-0.2, -0.15) is 0 Å². The molecule has 0 spiro atoms. The van der Waals surface area contributed by atoms with Crippen molar-refractivity contribution < 1.29 is 9.18 Å². The van der Waals surface area contributed by atoms with Crippen molar-refractivity contribution in [3.63, 3.8) is 0 Å². The zero-order chi connectivity index (χ0) is 16.7. The highest BCUT2D eigenvalue weighted by molar-refractivity contribution is 7.09. The molecular weight excluding hydrogens is 323 g/mol. The summed E-state index contributed by atoms with van der Waals surface area (Å²) in [6, 6.07) is 6.84. The van der Waals surface area contributed by atoms with Gasteiger partial charge in [-0.25, -0.2) is 9.37 Å². The van der Waals surface area contributed by atoms with Crippen molar-refractivity contribution in [1.29, 1.82) is 0 Å². The summed E-state index contributed by atoms with van der Waals surface area (Å²) in [4.78, 5) is 19.4. The number of benzene rings is 1. The number of carbonyl (C=O) groups is 1. The smallest absolute Gasteiger partial charge is 0.226 e. The zero-order valence-corrected chi connectivity index (χ0v) is 14.6. The van der Waals surface area contributed by atoms with Gasteiger partial charge in [0, 0.05) is 36.0 Å². The lowest BCUT2D eigenvalue weighted by Gasteiger charge is -2.32. The van der Waals surface area contributed by atoms with Crippen LogP contribution in [-0.2, 0) is 4.79 Å². The molecule has 0 bridgehead atoms. The van der Waals surface area contributed by atoms with Gasteiger partial charge in [-0.15, -0.1) is 11.3 Å². The number of aryl methyl sites for hydroxylation is 1. The van der Waals surface area contributed by atoms with Crippen LogP contribution in [-0.4, -0.2) is 28.9 Å². The van der Waals surface area contributed by atoms with Gasteiger partial charge >= 0.3 is 0 Å². The topological polar surface area (TPSA) is 33.2 Å². The summed E-state index contributed by atoms with van der Waals surface area (Å²) in [5.74, 6) is 0.376. The highest BCUT2D eigenvalue weighted by Crippen LogP contribution is 2.49. The molecule has 3 nitrogen and oxygen atoms in total. The van der Waals surface area contributed by atoms with E-state index in [-0.39, 0.29) is 23.6 Å². The van der Waals surface area contributed by atoms with Crippen molar-refractivity contribution in [2.24, 2.45) is 5.92 Å². The van der Waals surface area contributed by atoms with E-state index < -0.39 is 0 Å². The van der Waals surface area contributed by atoms with Crippen LogP contribution in [0, 0.1) is 18.7 Å². The minimum Gasteiger partial charge on any atom is -0.342 e. The molecule has 1 aromatic heterocycles. The molecule has 1 aliphatic carbocycles. The van der Waals surface area contributed by atoms with Crippen LogP contribution in [0.3, 0.4) is 0 Å². The third-order valence-electron chi connectivity index (χ3n) is 5.13. The van der Waals surface area contributed by atoms with Gasteiger partial charge in [0.2, 0.25) is 5.91 Å². The molecule has 0 N–H and O–H groups in total. The molecule has 126 valence electrons. The fourth-order valence-electron chi connectivity index (χ4n) is 3.76. The van der Waals surface area contributed by atoms with E-state index >= 15 is 0 Å². The lowest BCUT2D eigenvalue weighted by atomic mass is 9.98. The summed E-state index contributed by atoms with van der Waals surface area (Å²) in [5.41, 5.74) is 1.75. The van der Waals surface area contributed by atoms with E-state index in [0.29, 0.717) is 11.5 Å². The van der Waals surface area contributed by atoms with Crippen molar-refractivity contribution in [3.05, 3.63) is 51.7 Å². The molecule has 5 heteroatoms. The summed E-state index contributed by atoms with van der Waals surface area (Å²) < 4.78 is 13.9. The quantitative estimate of drug-likeness (QED) is 0.840. The average molecular weight is 344 g/mol. The normalized spacial score (nSPS) is 26.4. The first-order chi connectivity index (χ1) is 11.6. The summed E-state index contributed by atoms with van der Waals surface area (Å²) in [6.07, 6.45) is 2.89. The number of amides is 1. The molecule has 1 saturated heterocycles. The van der Waals surface area contributed by atoms with Crippen LogP contribution in [0.4, 0.5) is 4.39 Å². The van der Waals surface area contributed by atoms with Crippen molar-refractivity contribution in [3.8, 4) is 0 Å². The Balaban J connectivity index is 1.43. The Kier molecular flexibility index (Phi) is 4.12. The first-order valence-electron chi connectivity index (χ1n) is 8.58. The molecule has 3 atom stereocenters. The molecular formula is C19H21FN2OS. The number of aromatic nitrogens is 1. The van der Waals surface area contributed by atoms with E-state index in [1.165, 1.54) is 6.07 Å². The lowest BCUT2D eigenvalue weighted by Crippen LogP contribution is -2.40. The molecule has 4 rings (SSSR count). The molecule has 2 fully saturated rings. The Labute approximate surface area is 145 Å². The maximum Gasteiger partial charge on any atom is 0.226 e. The van der Waals surface area contributed by atoms with Crippen LogP contribution < -0.4 is 0 Å². The second-order valence-corrected chi connectivity index (χ2v) is 7.81. The van der Waals surface area contributed by atoms with Crippen molar-refractivity contribution in [1.82, 2.24) is 9.88 Å². The summed E-state index contributed by atoms with van der Waals surface area (Å²) >= 11 is 1.69. The largest absolute Gasteiger partial charge is 0.342 e. The standard InChI is InChI=1S/C19H21FN2OS/c1-12-11-24-18(21-12)13-5-4-8-22(10-13)19(23)16-9-15(16)14-6-2-3-7-17(14)20/h2-3,6-7,11,13,15-16H,4-5,8-10H2,1H3/t13-,15-,16+/m1/s1. The maximum atomic E-state index is 13.9. The van der Waals surface area contributed by atoms with Gasteiger partial charge in [0.1, 0.15) is 5.82 Å². The molecule has 0 radical (unpaired) electrons. The number of hydrogen-bond acceptors (Lipinski definition) is 3. The van der Waals surface area contributed by atoms with Gasteiger partial charge in [-0.1, -0.05) is 18.2 Å². The van der Waals surface area contributed by atoms with E-state index in [1.54, 1.807) is 17.4 Å². The van der Waals surface area contributed by atoms with Crippen molar-refractivity contribution in [2.75, 3.05) is 13.1 Å². The molecule has 1 saturated carbocycles. The molecule has 2 aromatic rings. The Hall–Kier alpha value is -1.75. The fraction of sp³-hybridized carbons (Fsp3) is 0.474. The Morgan fingerprint density at radius 3 is 2.96 bits per heavy atom. The number of nitrogens with zero attached hydrogens (tertiary/aromatic N) is 2. The number of thiazole rings is 1. The average Bonchev–Trinajstić information content (AvgIpc) is 3.27. The van der Waals surface area contributed by atoms with E-state index in [4.69, 9.17) is 0 Å². The van der Waals surface area contributed by atoms with Gasteiger partial charge in [-0.3, -0.25) is 4.79 Å². The molecule has 0 unspecified atom stereocenters. The zero-order valence-electron chi connectivity index (χ0n) is 13.7. The van der Waals surface area contributed by atoms with Crippen LogP contribution in [0.25, 0.3) is 0 Å². The molecule has 1 aliphatic heterocycles. The third kappa shape index (κ3) is 2.97. The highest BCUT2D eigenvalue weighted by Gasteiger charge is 2.47. The van der Waals surface area contributed by atoms with Crippen LogP contribution in [0.2, 0.25) is 0 Å². The third-order valence-corrected chi connectivity index (χ3v) is 6.26. The summed E-state index contributed by atoms with van der Waals surface area (Å²) in [6.45, 7) is 3.58. The SMILES string of the molecule is Cc1csc([C@@H]2CCCN(C(=O)[C@H]3C[C@@H]3c3ccccc3F)C2)n1. The van der Waals surface area contributed by atoms with Crippen LogP contribution in [0.1, 0.15) is 47.4 Å². The fourth-order valence-corrected chi connectivity index (χ4v) is 4.69. The summed E-state index contributed by atoms with van der Waals surface area (Å²) in [7, 11) is 0. The van der Waals surface area contributed by atoms with Crippen LogP contribution in [0.15, 0.2) is 29.6 Å². The number of carbonyl (C=O) groups excluding carboxylic acids is 1. The van der Waals surface area contributed by atoms with E-state index in [2.05, 4.69) is 10.4 Å². The second kappa shape index (κ2) is 6.28. The predicted octanol–water partition coefficient (Wildman–Crippen LogP) is 4.10. The number of halogens is 1. The second-order valence-electron chi connectivity index (χ2n) is 6.92. The van der Waals surface area contributed by atoms with Crippen molar-refractivity contribution >= 4 is 17.2 Å². The van der Waals surface area contributed by atoms with Gasteiger partial charge in [0.05, 0.1) is 5.01 Å². The first-order valence-corrected chi connectivity index (χ1v) is 9.46. The van der Waals surface area contributed by atoms with Gasteiger partial charge in [0.15, 0.2) is 0 Å². The molecule has 2 heterocycles. The molecule has 2 aliphatic rings. The monoisotopic (exact) mass is 344 g/mol. The first kappa shape index (κ1) is 15.8.